The molecule has 0 spiro atoms. The van der Waals surface area contributed by atoms with Gasteiger partial charge in [0.2, 0.25) is 0 Å². The van der Waals surface area contributed by atoms with Gasteiger partial charge in [-0.25, -0.2) is 9.97 Å². The summed E-state index contributed by atoms with van der Waals surface area (Å²) >= 11 is 1.51. The Morgan fingerprint density at radius 1 is 1.35 bits per heavy atom. The third-order valence-corrected chi connectivity index (χ3v) is 4.50. The van der Waals surface area contributed by atoms with Crippen LogP contribution in [0.15, 0.2) is 11.2 Å². The molecule has 20 heavy (non-hydrogen) atoms. The summed E-state index contributed by atoms with van der Waals surface area (Å²) in [6, 6.07) is 1.87. The number of nitrogens with one attached hydrogen (secondary N) is 2. The van der Waals surface area contributed by atoms with E-state index in [1.54, 1.807) is 0 Å². The fourth-order valence-electron chi connectivity index (χ4n) is 2.47. The lowest BCUT2D eigenvalue weighted by molar-refractivity contribution is 0.00494. The zero-order valence-electron chi connectivity index (χ0n) is 12.4. The number of hydrogen-bond donors (Lipinski definition) is 3. The molecule has 0 unspecified atom stereocenters. The van der Waals surface area contributed by atoms with Crippen molar-refractivity contribution in [2.75, 3.05) is 30.5 Å². The first-order valence-electron chi connectivity index (χ1n) is 7.12. The Hall–Kier alpha value is -1.01. The summed E-state index contributed by atoms with van der Waals surface area (Å²) in [7, 11) is 1.84. The number of nitrogens with zero attached hydrogens (tertiary/aromatic N) is 2. The Labute approximate surface area is 125 Å². The Balaban J connectivity index is 1.99. The normalized spacial score (nSPS) is 26.3. The van der Waals surface area contributed by atoms with Gasteiger partial charge in [0.15, 0.2) is 5.16 Å². The number of hydrogen-bond acceptors (Lipinski definition) is 6. The van der Waals surface area contributed by atoms with Gasteiger partial charge in [0.05, 0.1) is 5.60 Å². The topological polar surface area (TPSA) is 70.1 Å². The molecule has 0 amide bonds. The Morgan fingerprint density at radius 2 is 2.00 bits per heavy atom. The van der Waals surface area contributed by atoms with E-state index < -0.39 is 5.60 Å². The van der Waals surface area contributed by atoms with Crippen LogP contribution in [-0.2, 0) is 0 Å². The van der Waals surface area contributed by atoms with Crippen molar-refractivity contribution in [2.45, 2.75) is 43.4 Å². The molecule has 3 N–H and O–H groups in total. The highest BCUT2D eigenvalue weighted by Gasteiger charge is 2.31. The van der Waals surface area contributed by atoms with E-state index in [2.05, 4.69) is 27.5 Å². The summed E-state index contributed by atoms with van der Waals surface area (Å²) in [5.41, 5.74) is -0.600. The lowest BCUT2D eigenvalue weighted by Gasteiger charge is -2.35. The highest BCUT2D eigenvalue weighted by molar-refractivity contribution is 7.98. The fourth-order valence-corrected chi connectivity index (χ4v) is 2.85. The number of anilines is 2. The standard InChI is InChI=1S/C14H24N4OS/c1-10-4-6-14(19,7-5-10)9-16-12-8-11(15-2)17-13(18-12)20-3/h8,10,19H,4-7,9H2,1-3H3,(H2,15,16,17,18). The summed E-state index contributed by atoms with van der Waals surface area (Å²) in [6.07, 6.45) is 5.87. The van der Waals surface area contributed by atoms with Crippen LogP contribution in [0.2, 0.25) is 0 Å². The van der Waals surface area contributed by atoms with E-state index in [-0.39, 0.29) is 0 Å². The minimum atomic E-state index is -0.600. The fraction of sp³-hybridized carbons (Fsp3) is 0.714. The van der Waals surface area contributed by atoms with Gasteiger partial charge in [0.1, 0.15) is 11.6 Å². The van der Waals surface area contributed by atoms with Crippen LogP contribution in [0.3, 0.4) is 0 Å². The van der Waals surface area contributed by atoms with E-state index in [4.69, 9.17) is 0 Å². The maximum atomic E-state index is 10.6. The van der Waals surface area contributed by atoms with Crippen molar-refractivity contribution in [3.8, 4) is 0 Å². The Kier molecular flexibility index (Phi) is 5.10. The number of aliphatic hydroxyl groups is 1. The van der Waals surface area contributed by atoms with Crippen molar-refractivity contribution in [2.24, 2.45) is 5.92 Å². The lowest BCUT2D eigenvalue weighted by Crippen LogP contribution is -2.40. The van der Waals surface area contributed by atoms with Gasteiger partial charge in [-0.2, -0.15) is 0 Å². The molecule has 1 fully saturated rings. The van der Waals surface area contributed by atoms with Crippen LogP contribution in [0.4, 0.5) is 11.6 Å². The third-order valence-electron chi connectivity index (χ3n) is 3.95. The van der Waals surface area contributed by atoms with E-state index in [0.29, 0.717) is 6.54 Å². The predicted octanol–water partition coefficient (Wildman–Crippen LogP) is 2.59. The molecule has 1 heterocycles. The van der Waals surface area contributed by atoms with Gasteiger partial charge in [-0.15, -0.1) is 0 Å². The molecule has 112 valence electrons. The van der Waals surface area contributed by atoms with Gasteiger partial charge in [0, 0.05) is 19.7 Å². The monoisotopic (exact) mass is 296 g/mol. The molecule has 5 nitrogen and oxygen atoms in total. The van der Waals surface area contributed by atoms with Crippen LogP contribution >= 0.6 is 11.8 Å². The molecule has 2 rings (SSSR count). The van der Waals surface area contributed by atoms with Crippen molar-refractivity contribution < 1.29 is 5.11 Å². The first kappa shape index (κ1) is 15.4. The largest absolute Gasteiger partial charge is 0.388 e. The zero-order chi connectivity index (χ0) is 14.6. The molecule has 1 aromatic heterocycles. The van der Waals surface area contributed by atoms with Gasteiger partial charge in [0.25, 0.3) is 0 Å². The molecule has 6 heteroatoms. The van der Waals surface area contributed by atoms with E-state index in [9.17, 15) is 5.11 Å². The van der Waals surface area contributed by atoms with Gasteiger partial charge >= 0.3 is 0 Å². The van der Waals surface area contributed by atoms with Crippen molar-refractivity contribution in [1.82, 2.24) is 9.97 Å². The molecular weight excluding hydrogens is 272 g/mol. The van der Waals surface area contributed by atoms with Crippen LogP contribution in [0.5, 0.6) is 0 Å². The second kappa shape index (κ2) is 6.63. The summed E-state index contributed by atoms with van der Waals surface area (Å²) in [4.78, 5) is 8.75. The molecule has 1 aliphatic rings. The molecule has 1 aromatic rings. The van der Waals surface area contributed by atoms with Crippen molar-refractivity contribution in [3.63, 3.8) is 0 Å². The van der Waals surface area contributed by atoms with Crippen LogP contribution < -0.4 is 10.6 Å². The van der Waals surface area contributed by atoms with Crippen LogP contribution in [0.25, 0.3) is 0 Å². The van der Waals surface area contributed by atoms with E-state index in [1.807, 2.05) is 19.4 Å². The molecule has 1 aliphatic carbocycles. The number of thioether (sulfide) groups is 1. The molecule has 0 atom stereocenters. The van der Waals surface area contributed by atoms with Gasteiger partial charge < -0.3 is 15.7 Å². The minimum absolute atomic E-state index is 0.549. The number of aromatic nitrogens is 2. The van der Waals surface area contributed by atoms with E-state index in [1.165, 1.54) is 11.8 Å². The second-order valence-corrected chi connectivity index (χ2v) is 6.41. The molecule has 0 saturated heterocycles. The number of rotatable bonds is 5. The average Bonchev–Trinajstić information content (AvgIpc) is 2.48. The molecule has 0 radical (unpaired) electrons. The summed E-state index contributed by atoms with van der Waals surface area (Å²) in [5, 5.41) is 17.6. The molecular formula is C14H24N4OS. The lowest BCUT2D eigenvalue weighted by atomic mass is 9.79. The molecule has 0 aromatic carbocycles. The molecule has 0 bridgehead atoms. The van der Waals surface area contributed by atoms with Crippen LogP contribution in [0.1, 0.15) is 32.6 Å². The third kappa shape index (κ3) is 3.99. The first-order valence-corrected chi connectivity index (χ1v) is 8.34. The van der Waals surface area contributed by atoms with Gasteiger partial charge in [-0.1, -0.05) is 18.7 Å². The Bertz CT molecular complexity index is 425. The van der Waals surface area contributed by atoms with Gasteiger partial charge in [-0.05, 0) is 37.9 Å². The van der Waals surface area contributed by atoms with Gasteiger partial charge in [-0.3, -0.25) is 0 Å². The van der Waals surface area contributed by atoms with Crippen molar-refractivity contribution in [3.05, 3.63) is 6.07 Å². The second-order valence-electron chi connectivity index (χ2n) is 5.64. The van der Waals surface area contributed by atoms with Crippen LogP contribution in [-0.4, -0.2) is 40.5 Å². The smallest absolute Gasteiger partial charge is 0.191 e. The SMILES string of the molecule is CNc1cc(NCC2(O)CCC(C)CC2)nc(SC)n1. The predicted molar refractivity (Wildman–Crippen MR) is 84.4 cm³/mol. The van der Waals surface area contributed by atoms with E-state index >= 15 is 0 Å². The summed E-state index contributed by atoms with van der Waals surface area (Å²) in [6.45, 7) is 2.80. The van der Waals surface area contributed by atoms with Crippen molar-refractivity contribution in [1.29, 1.82) is 0 Å². The maximum Gasteiger partial charge on any atom is 0.191 e. The molecule has 0 aliphatic heterocycles. The van der Waals surface area contributed by atoms with E-state index in [0.717, 1.165) is 48.4 Å². The summed E-state index contributed by atoms with van der Waals surface area (Å²) in [5.74, 6) is 2.28. The zero-order valence-corrected chi connectivity index (χ0v) is 13.3. The van der Waals surface area contributed by atoms with Crippen LogP contribution in [0, 0.1) is 5.92 Å². The maximum absolute atomic E-state index is 10.6. The Morgan fingerprint density at radius 3 is 2.60 bits per heavy atom. The molecule has 1 saturated carbocycles. The minimum Gasteiger partial charge on any atom is -0.388 e. The summed E-state index contributed by atoms with van der Waals surface area (Å²) < 4.78 is 0. The van der Waals surface area contributed by atoms with Crippen molar-refractivity contribution >= 4 is 23.4 Å². The highest BCUT2D eigenvalue weighted by Crippen LogP contribution is 2.32. The quantitative estimate of drug-likeness (QED) is 0.573. The highest BCUT2D eigenvalue weighted by atomic mass is 32.2. The average molecular weight is 296 g/mol. The first-order chi connectivity index (χ1) is 9.54.